The van der Waals surface area contributed by atoms with Crippen molar-refractivity contribution >= 4 is 9.84 Å². The van der Waals surface area contributed by atoms with Gasteiger partial charge in [-0.2, -0.15) is 0 Å². The van der Waals surface area contributed by atoms with Crippen LogP contribution in [0, 0.1) is 0 Å². The number of para-hydroxylation sites is 1. The molecule has 0 aliphatic heterocycles. The van der Waals surface area contributed by atoms with E-state index in [1.807, 2.05) is 30.3 Å². The summed E-state index contributed by atoms with van der Waals surface area (Å²) in [5.74, 6) is 0.682. The Bertz CT molecular complexity index is 972. The summed E-state index contributed by atoms with van der Waals surface area (Å²) in [6.07, 6.45) is 3.10. The molecule has 1 aromatic heterocycles. The van der Waals surface area contributed by atoms with Crippen LogP contribution >= 0.6 is 0 Å². The summed E-state index contributed by atoms with van der Waals surface area (Å²) in [6, 6.07) is 18.0. The minimum absolute atomic E-state index is 0.165. The van der Waals surface area contributed by atoms with Crippen molar-refractivity contribution < 1.29 is 17.9 Å². The van der Waals surface area contributed by atoms with Crippen molar-refractivity contribution in [2.75, 3.05) is 7.11 Å². The van der Waals surface area contributed by atoms with Crippen molar-refractivity contribution in [1.29, 1.82) is 0 Å². The molecule has 0 radical (unpaired) electrons. The lowest BCUT2D eigenvalue weighted by atomic mass is 10.2. The third kappa shape index (κ3) is 4.40. The average Bonchev–Trinajstić information content (AvgIpc) is 2.67. The fourth-order valence-corrected chi connectivity index (χ4v) is 4.03. The van der Waals surface area contributed by atoms with Gasteiger partial charge in [0, 0.05) is 6.20 Å². The highest BCUT2D eigenvalue weighted by Crippen LogP contribution is 2.26. The van der Waals surface area contributed by atoms with Gasteiger partial charge in [0.2, 0.25) is 0 Å². The van der Waals surface area contributed by atoms with Crippen LogP contribution in [0.25, 0.3) is 0 Å². The molecule has 0 aliphatic carbocycles. The molecule has 2 aromatic carbocycles. The Hall–Kier alpha value is -2.86. The number of aromatic nitrogens is 1. The maximum absolute atomic E-state index is 12.7. The summed E-state index contributed by atoms with van der Waals surface area (Å²) >= 11 is 0. The van der Waals surface area contributed by atoms with E-state index in [1.54, 1.807) is 30.5 Å². The van der Waals surface area contributed by atoms with Crippen LogP contribution in [0.15, 0.2) is 78.0 Å². The van der Waals surface area contributed by atoms with Gasteiger partial charge in [-0.05, 0) is 29.3 Å². The molecule has 0 aliphatic rings. The van der Waals surface area contributed by atoms with Gasteiger partial charge in [0.25, 0.3) is 0 Å². The molecule has 0 saturated heterocycles. The SMILES string of the molecule is COc1ccccc1S(=O)(=O)Cc1cncc(OCc2ccccc2)c1. The van der Waals surface area contributed by atoms with Gasteiger partial charge in [0.05, 0.1) is 19.1 Å². The van der Waals surface area contributed by atoms with Crippen molar-refractivity contribution in [2.24, 2.45) is 0 Å². The van der Waals surface area contributed by atoms with Crippen LogP contribution in [0.4, 0.5) is 0 Å². The molecule has 0 bridgehead atoms. The van der Waals surface area contributed by atoms with E-state index in [0.29, 0.717) is 23.7 Å². The van der Waals surface area contributed by atoms with Crippen molar-refractivity contribution in [1.82, 2.24) is 4.98 Å². The Morgan fingerprint density at radius 2 is 1.65 bits per heavy atom. The number of hydrogen-bond acceptors (Lipinski definition) is 5. The predicted molar refractivity (Wildman–Crippen MR) is 98.9 cm³/mol. The van der Waals surface area contributed by atoms with Gasteiger partial charge in [0.15, 0.2) is 9.84 Å². The quantitative estimate of drug-likeness (QED) is 0.636. The first kappa shape index (κ1) is 17.9. The number of ether oxygens (including phenoxy) is 2. The van der Waals surface area contributed by atoms with Gasteiger partial charge < -0.3 is 9.47 Å². The summed E-state index contributed by atoms with van der Waals surface area (Å²) in [4.78, 5) is 4.26. The van der Waals surface area contributed by atoms with Crippen LogP contribution in [-0.2, 0) is 22.2 Å². The molecule has 3 aromatic rings. The number of nitrogens with zero attached hydrogens (tertiary/aromatic N) is 1. The van der Waals surface area contributed by atoms with Crippen LogP contribution in [0.3, 0.4) is 0 Å². The fourth-order valence-electron chi connectivity index (χ4n) is 2.54. The Balaban J connectivity index is 1.76. The second kappa shape index (κ2) is 8.01. The maximum Gasteiger partial charge on any atom is 0.186 e. The molecule has 1 heterocycles. The largest absolute Gasteiger partial charge is 0.495 e. The number of pyridine rings is 1. The molecule has 0 atom stereocenters. The molecule has 0 saturated carbocycles. The number of benzene rings is 2. The zero-order valence-electron chi connectivity index (χ0n) is 14.3. The fraction of sp³-hybridized carbons (Fsp3) is 0.150. The lowest BCUT2D eigenvalue weighted by Crippen LogP contribution is -2.07. The van der Waals surface area contributed by atoms with E-state index >= 15 is 0 Å². The highest BCUT2D eigenvalue weighted by Gasteiger charge is 2.20. The van der Waals surface area contributed by atoms with E-state index in [0.717, 1.165) is 5.56 Å². The minimum Gasteiger partial charge on any atom is -0.495 e. The Morgan fingerprint density at radius 1 is 0.923 bits per heavy atom. The van der Waals surface area contributed by atoms with Gasteiger partial charge in [0.1, 0.15) is 23.0 Å². The van der Waals surface area contributed by atoms with Crippen LogP contribution in [0.1, 0.15) is 11.1 Å². The summed E-state index contributed by atoms with van der Waals surface area (Å²) in [7, 11) is -2.11. The molecule has 0 amide bonds. The first-order valence-corrected chi connectivity index (χ1v) is 9.70. The third-order valence-corrected chi connectivity index (χ3v) is 5.50. The molecule has 0 fully saturated rings. The third-order valence-electron chi connectivity index (χ3n) is 3.78. The van der Waals surface area contributed by atoms with Crippen molar-refractivity contribution in [2.45, 2.75) is 17.3 Å². The van der Waals surface area contributed by atoms with Crippen molar-refractivity contribution in [3.63, 3.8) is 0 Å². The lowest BCUT2D eigenvalue weighted by Gasteiger charge is -2.10. The second-order valence-electron chi connectivity index (χ2n) is 5.71. The van der Waals surface area contributed by atoms with Gasteiger partial charge >= 0.3 is 0 Å². The first-order chi connectivity index (χ1) is 12.6. The zero-order valence-corrected chi connectivity index (χ0v) is 15.1. The highest BCUT2D eigenvalue weighted by atomic mass is 32.2. The molecule has 134 valence electrons. The predicted octanol–water partition coefficient (Wildman–Crippen LogP) is 3.64. The Morgan fingerprint density at radius 3 is 2.42 bits per heavy atom. The Labute approximate surface area is 153 Å². The maximum atomic E-state index is 12.7. The van der Waals surface area contributed by atoms with Gasteiger partial charge in [-0.15, -0.1) is 0 Å². The summed E-state index contributed by atoms with van der Waals surface area (Å²) < 4.78 is 36.3. The zero-order chi connectivity index (χ0) is 18.4. The van der Waals surface area contributed by atoms with E-state index in [1.165, 1.54) is 19.4 Å². The minimum atomic E-state index is -3.56. The van der Waals surface area contributed by atoms with Gasteiger partial charge in [-0.25, -0.2) is 8.42 Å². The molecule has 0 spiro atoms. The van der Waals surface area contributed by atoms with Crippen LogP contribution < -0.4 is 9.47 Å². The monoisotopic (exact) mass is 369 g/mol. The normalized spacial score (nSPS) is 11.1. The number of sulfone groups is 1. The molecule has 0 N–H and O–H groups in total. The van der Waals surface area contributed by atoms with E-state index in [-0.39, 0.29) is 10.6 Å². The topological polar surface area (TPSA) is 65.5 Å². The van der Waals surface area contributed by atoms with E-state index in [4.69, 9.17) is 9.47 Å². The average molecular weight is 369 g/mol. The molecule has 0 unspecified atom stereocenters. The summed E-state index contributed by atoms with van der Waals surface area (Å²) in [5.41, 5.74) is 1.58. The second-order valence-corrected chi connectivity index (χ2v) is 7.67. The number of methoxy groups -OCH3 is 1. The molecular weight excluding hydrogens is 350 g/mol. The van der Waals surface area contributed by atoms with E-state index in [2.05, 4.69) is 4.98 Å². The molecule has 5 nitrogen and oxygen atoms in total. The lowest BCUT2D eigenvalue weighted by molar-refractivity contribution is 0.304. The van der Waals surface area contributed by atoms with Crippen molar-refractivity contribution in [3.05, 3.63) is 84.2 Å². The van der Waals surface area contributed by atoms with Gasteiger partial charge in [-0.1, -0.05) is 42.5 Å². The van der Waals surface area contributed by atoms with Crippen LogP contribution in [-0.4, -0.2) is 20.5 Å². The van der Waals surface area contributed by atoms with Crippen LogP contribution in [0.2, 0.25) is 0 Å². The number of hydrogen-bond donors (Lipinski definition) is 0. The number of rotatable bonds is 7. The summed E-state index contributed by atoms with van der Waals surface area (Å²) in [5, 5.41) is 0. The standard InChI is InChI=1S/C20H19NO4S/c1-24-19-9-5-6-10-20(19)26(22,23)15-17-11-18(13-21-12-17)25-14-16-7-3-2-4-8-16/h2-13H,14-15H2,1H3. The molecule has 3 rings (SSSR count). The van der Waals surface area contributed by atoms with E-state index < -0.39 is 9.84 Å². The first-order valence-electron chi connectivity index (χ1n) is 8.05. The summed E-state index contributed by atoms with van der Waals surface area (Å²) in [6.45, 7) is 0.394. The van der Waals surface area contributed by atoms with Crippen LogP contribution in [0.5, 0.6) is 11.5 Å². The van der Waals surface area contributed by atoms with Gasteiger partial charge in [-0.3, -0.25) is 4.98 Å². The van der Waals surface area contributed by atoms with Crippen molar-refractivity contribution in [3.8, 4) is 11.5 Å². The molecule has 6 heteroatoms. The highest BCUT2D eigenvalue weighted by molar-refractivity contribution is 7.90. The van der Waals surface area contributed by atoms with E-state index in [9.17, 15) is 8.42 Å². The molecular formula is C20H19NO4S. The smallest absolute Gasteiger partial charge is 0.186 e. The Kier molecular flexibility index (Phi) is 5.53. The molecule has 26 heavy (non-hydrogen) atoms.